The van der Waals surface area contributed by atoms with E-state index in [0.717, 1.165) is 148 Å². The number of carbonyl (C=O) groups excluding carboxylic acids is 3. The first kappa shape index (κ1) is 72.7. The highest BCUT2D eigenvalue weighted by molar-refractivity contribution is 5.72. The van der Waals surface area contributed by atoms with Gasteiger partial charge in [0, 0.05) is 12.8 Å². The summed E-state index contributed by atoms with van der Waals surface area (Å²) in [6.45, 7) is 6.10. The molecule has 6 heteroatoms. The van der Waals surface area contributed by atoms with E-state index in [4.69, 9.17) is 14.2 Å². The fourth-order valence-electron chi connectivity index (χ4n) is 7.11. The normalized spacial score (nSPS) is 13.7. The van der Waals surface area contributed by atoms with Gasteiger partial charge in [-0.15, -0.1) is 0 Å². The van der Waals surface area contributed by atoms with Crippen molar-refractivity contribution in [3.8, 4) is 0 Å². The smallest absolute Gasteiger partial charge is 0.309 e. The minimum atomic E-state index is -0.883. The lowest BCUT2D eigenvalue weighted by atomic mass is 10.1. The molecular weight excluding hydrogens is 973 g/mol. The lowest BCUT2D eigenvalue weighted by molar-refractivity contribution is -0.166. The second-order valence-corrected chi connectivity index (χ2v) is 18.8. The van der Waals surface area contributed by atoms with Gasteiger partial charge in [-0.3, -0.25) is 14.4 Å². The van der Waals surface area contributed by atoms with E-state index in [1.807, 2.05) is 18.2 Å². The van der Waals surface area contributed by atoms with E-state index in [0.29, 0.717) is 19.3 Å². The van der Waals surface area contributed by atoms with Gasteiger partial charge in [0.05, 0.1) is 6.42 Å². The summed E-state index contributed by atoms with van der Waals surface area (Å²) in [4.78, 5) is 38.2. The highest BCUT2D eigenvalue weighted by atomic mass is 16.6. The predicted molar refractivity (Wildman–Crippen MR) is 343 cm³/mol. The standard InChI is InChI=1S/C73H106O6/c1-4-7-10-13-16-19-22-25-28-30-32-33-34-35-36-37-38-39-41-42-45-48-51-54-57-60-63-66-72(75)78-69-70(68-77-71(74)65-62-59-56-53-50-47-44-27-24-21-18-15-12-9-6-3)79-73(76)67-64-61-58-55-52-49-46-43-40-31-29-26-23-20-17-14-11-8-5-2/h7-12,16-21,25-29,32-33,35-36,38-40,42-45,49-50,52-53,58-59,61-62,70H,4-6,13-15,22-24,30-31,34,37,41,46-48,51,54-57,60,63-69H2,1-3H3/b10-7-,11-8-,12-9-,19-16-,20-17-,21-18-,28-25-,29-26-,33-32-,36-35-,39-38-,43-40-,44-27-,45-42-,52-49-,53-50-,61-58-,62-59-. The first-order valence-electron chi connectivity index (χ1n) is 30.2. The van der Waals surface area contributed by atoms with Crippen molar-refractivity contribution in [1.29, 1.82) is 0 Å². The molecule has 0 aromatic carbocycles. The Morgan fingerprint density at radius 1 is 0.266 bits per heavy atom. The van der Waals surface area contributed by atoms with E-state index < -0.39 is 18.0 Å². The Bertz CT molecular complexity index is 2010. The molecule has 0 aromatic heterocycles. The van der Waals surface area contributed by atoms with Gasteiger partial charge in [0.25, 0.3) is 0 Å². The molecule has 0 heterocycles. The van der Waals surface area contributed by atoms with Crippen molar-refractivity contribution in [2.45, 2.75) is 207 Å². The highest BCUT2D eigenvalue weighted by Crippen LogP contribution is 2.11. The SMILES string of the molecule is CC/C=C\C/C=C\C/C=C\C/C=C\C/C=C\C/C=C\C/C=C\CCCCCCCC(=O)OCC(COC(=O)C/C=C\C/C=C\C/C=C\C/C=C\C/C=C\CC)OC(=O)CC/C=C\C/C=C\C/C=C\C/C=C\C/C=C\C/C=C\CC. The molecular formula is C73H106O6. The summed E-state index contributed by atoms with van der Waals surface area (Å²) in [6.07, 6.45) is 101. The Hall–Kier alpha value is -6.27. The van der Waals surface area contributed by atoms with Gasteiger partial charge in [-0.05, 0) is 141 Å². The molecule has 0 saturated carbocycles. The van der Waals surface area contributed by atoms with Crippen LogP contribution in [0.1, 0.15) is 201 Å². The van der Waals surface area contributed by atoms with E-state index in [1.54, 1.807) is 6.08 Å². The summed E-state index contributed by atoms with van der Waals surface area (Å²) in [6, 6.07) is 0. The van der Waals surface area contributed by atoms with Gasteiger partial charge in [0.15, 0.2) is 6.10 Å². The van der Waals surface area contributed by atoms with Crippen LogP contribution in [0.25, 0.3) is 0 Å². The van der Waals surface area contributed by atoms with E-state index in [2.05, 4.69) is 215 Å². The third-order valence-electron chi connectivity index (χ3n) is 11.5. The summed E-state index contributed by atoms with van der Waals surface area (Å²) in [5, 5.41) is 0. The lowest BCUT2D eigenvalue weighted by Gasteiger charge is -2.18. The van der Waals surface area contributed by atoms with Crippen molar-refractivity contribution in [2.75, 3.05) is 13.2 Å². The van der Waals surface area contributed by atoms with Crippen molar-refractivity contribution in [3.05, 3.63) is 219 Å². The molecule has 0 spiro atoms. The quantitative estimate of drug-likeness (QED) is 0.0261. The first-order chi connectivity index (χ1) is 39.0. The third-order valence-corrected chi connectivity index (χ3v) is 11.5. The second-order valence-electron chi connectivity index (χ2n) is 18.8. The summed E-state index contributed by atoms with van der Waals surface area (Å²) in [5.41, 5.74) is 0. The zero-order valence-corrected chi connectivity index (χ0v) is 49.5. The first-order valence-corrected chi connectivity index (χ1v) is 30.2. The number of ether oxygens (including phenoxy) is 3. The Morgan fingerprint density at radius 3 is 0.873 bits per heavy atom. The minimum Gasteiger partial charge on any atom is -0.462 e. The number of allylic oxidation sites excluding steroid dienone is 35. The third kappa shape index (κ3) is 62.5. The highest BCUT2D eigenvalue weighted by Gasteiger charge is 2.19. The van der Waals surface area contributed by atoms with Crippen LogP contribution in [0.2, 0.25) is 0 Å². The van der Waals surface area contributed by atoms with Crippen molar-refractivity contribution >= 4 is 17.9 Å². The number of unbranched alkanes of at least 4 members (excludes halogenated alkanes) is 5. The van der Waals surface area contributed by atoms with Crippen LogP contribution in [-0.2, 0) is 28.6 Å². The molecule has 0 aliphatic carbocycles. The summed E-state index contributed by atoms with van der Waals surface area (Å²) < 4.78 is 16.7. The van der Waals surface area contributed by atoms with Crippen LogP contribution in [0, 0.1) is 0 Å². The average Bonchev–Trinajstić information content (AvgIpc) is 3.45. The maximum absolute atomic E-state index is 12.8. The van der Waals surface area contributed by atoms with Crippen LogP contribution >= 0.6 is 0 Å². The maximum Gasteiger partial charge on any atom is 0.309 e. The molecule has 1 unspecified atom stereocenters. The van der Waals surface area contributed by atoms with E-state index >= 15 is 0 Å². The molecule has 0 N–H and O–H groups in total. The van der Waals surface area contributed by atoms with E-state index in [1.165, 1.54) is 0 Å². The fourth-order valence-corrected chi connectivity index (χ4v) is 7.11. The molecule has 0 rings (SSSR count). The molecule has 6 nitrogen and oxygen atoms in total. The van der Waals surface area contributed by atoms with Crippen LogP contribution < -0.4 is 0 Å². The van der Waals surface area contributed by atoms with Gasteiger partial charge in [0.2, 0.25) is 0 Å². The molecule has 0 bridgehead atoms. The molecule has 79 heavy (non-hydrogen) atoms. The van der Waals surface area contributed by atoms with E-state index in [-0.39, 0.29) is 32.0 Å². The van der Waals surface area contributed by atoms with E-state index in [9.17, 15) is 14.4 Å². The molecule has 0 aromatic rings. The molecule has 434 valence electrons. The van der Waals surface area contributed by atoms with Crippen molar-refractivity contribution in [2.24, 2.45) is 0 Å². The summed E-state index contributed by atoms with van der Waals surface area (Å²) in [5.74, 6) is -1.22. The van der Waals surface area contributed by atoms with Gasteiger partial charge < -0.3 is 14.2 Å². The Labute approximate surface area is 482 Å². The van der Waals surface area contributed by atoms with Gasteiger partial charge in [0.1, 0.15) is 13.2 Å². The number of rotatable bonds is 51. The van der Waals surface area contributed by atoms with Crippen molar-refractivity contribution < 1.29 is 28.6 Å². The zero-order chi connectivity index (χ0) is 57.1. The second kappa shape index (κ2) is 64.3. The molecule has 0 saturated heterocycles. The summed E-state index contributed by atoms with van der Waals surface area (Å²) in [7, 11) is 0. The van der Waals surface area contributed by atoms with Gasteiger partial charge in [-0.2, -0.15) is 0 Å². The largest absolute Gasteiger partial charge is 0.462 e. The van der Waals surface area contributed by atoms with Crippen molar-refractivity contribution in [1.82, 2.24) is 0 Å². The van der Waals surface area contributed by atoms with Gasteiger partial charge >= 0.3 is 17.9 Å². The number of hydrogen-bond donors (Lipinski definition) is 0. The van der Waals surface area contributed by atoms with Crippen LogP contribution in [0.4, 0.5) is 0 Å². The average molecular weight is 1080 g/mol. The van der Waals surface area contributed by atoms with Crippen LogP contribution in [0.3, 0.4) is 0 Å². The van der Waals surface area contributed by atoms with Crippen molar-refractivity contribution in [3.63, 3.8) is 0 Å². The molecule has 0 radical (unpaired) electrons. The predicted octanol–water partition coefficient (Wildman–Crippen LogP) is 21.0. The summed E-state index contributed by atoms with van der Waals surface area (Å²) >= 11 is 0. The topological polar surface area (TPSA) is 78.9 Å². The number of carbonyl (C=O) groups is 3. The van der Waals surface area contributed by atoms with Crippen LogP contribution in [-0.4, -0.2) is 37.2 Å². The molecule has 0 fully saturated rings. The maximum atomic E-state index is 12.8. The van der Waals surface area contributed by atoms with Gasteiger partial charge in [-0.1, -0.05) is 259 Å². The fraction of sp³-hybridized carbons (Fsp3) is 0.466. The number of hydrogen-bond acceptors (Lipinski definition) is 6. The Kier molecular flexibility index (Phi) is 59.2. The zero-order valence-electron chi connectivity index (χ0n) is 49.5. The number of esters is 3. The lowest BCUT2D eigenvalue weighted by Crippen LogP contribution is -2.30. The molecule has 1 atom stereocenters. The van der Waals surface area contributed by atoms with Gasteiger partial charge in [-0.25, -0.2) is 0 Å². The minimum absolute atomic E-state index is 0.0945. The molecule has 0 aliphatic rings. The van der Waals surface area contributed by atoms with Crippen LogP contribution in [0.15, 0.2) is 219 Å². The monoisotopic (exact) mass is 1080 g/mol. The molecule has 0 amide bonds. The Morgan fingerprint density at radius 2 is 0.532 bits per heavy atom. The molecule has 0 aliphatic heterocycles. The van der Waals surface area contributed by atoms with Crippen LogP contribution in [0.5, 0.6) is 0 Å². The Balaban J connectivity index is 4.63.